The summed E-state index contributed by atoms with van der Waals surface area (Å²) in [5.41, 5.74) is 6.66. The summed E-state index contributed by atoms with van der Waals surface area (Å²) in [5.74, 6) is 0.810. The lowest BCUT2D eigenvalue weighted by atomic mass is 9.95. The molecule has 21 heavy (non-hydrogen) atoms. The number of rotatable bonds is 6. The van der Waals surface area contributed by atoms with Crippen LogP contribution in [-0.4, -0.2) is 38.1 Å². The summed E-state index contributed by atoms with van der Waals surface area (Å²) in [7, 11) is -3.17. The molecule has 1 aromatic carbocycles. The second kappa shape index (κ2) is 7.38. The van der Waals surface area contributed by atoms with Gasteiger partial charge in [0, 0.05) is 13.1 Å². The topological polar surface area (TPSA) is 63.4 Å². The van der Waals surface area contributed by atoms with E-state index in [0.29, 0.717) is 25.6 Å². The van der Waals surface area contributed by atoms with E-state index in [1.807, 2.05) is 37.3 Å². The highest BCUT2D eigenvalue weighted by molar-refractivity contribution is 7.89. The molecule has 0 spiro atoms. The summed E-state index contributed by atoms with van der Waals surface area (Å²) in [6.45, 7) is 3.97. The van der Waals surface area contributed by atoms with E-state index in [1.165, 1.54) is 0 Å². The van der Waals surface area contributed by atoms with Crippen molar-refractivity contribution >= 4 is 10.0 Å². The summed E-state index contributed by atoms with van der Waals surface area (Å²) in [6, 6.07) is 9.85. The molecule has 118 valence electrons. The summed E-state index contributed by atoms with van der Waals surface area (Å²) < 4.78 is 26.7. The summed E-state index contributed by atoms with van der Waals surface area (Å²) in [4.78, 5) is 0. The van der Waals surface area contributed by atoms with E-state index in [-0.39, 0.29) is 11.7 Å². The zero-order chi connectivity index (χ0) is 15.3. The number of sulfonamides is 1. The highest BCUT2D eigenvalue weighted by atomic mass is 32.2. The molecule has 0 amide bonds. The fourth-order valence-electron chi connectivity index (χ4n) is 3.01. The van der Waals surface area contributed by atoms with Crippen LogP contribution in [-0.2, 0) is 10.0 Å². The Bertz CT molecular complexity index is 522. The van der Waals surface area contributed by atoms with Gasteiger partial charge in [0.1, 0.15) is 0 Å². The molecule has 1 aromatic rings. The molecule has 2 rings (SSSR count). The molecule has 1 aliphatic heterocycles. The smallest absolute Gasteiger partial charge is 0.214 e. The molecule has 0 aliphatic carbocycles. The maximum atomic E-state index is 12.5. The maximum absolute atomic E-state index is 12.5. The number of hydrogen-bond acceptors (Lipinski definition) is 3. The molecule has 1 aliphatic rings. The average Bonchev–Trinajstić information content (AvgIpc) is 2.48. The third-order valence-corrected chi connectivity index (χ3v) is 6.44. The fraction of sp³-hybridized carbons (Fsp3) is 0.625. The van der Waals surface area contributed by atoms with Crippen LogP contribution in [0.15, 0.2) is 30.3 Å². The first-order valence-corrected chi connectivity index (χ1v) is 9.36. The van der Waals surface area contributed by atoms with Crippen molar-refractivity contribution in [2.45, 2.75) is 32.1 Å². The first-order chi connectivity index (χ1) is 10.0. The molecule has 1 saturated heterocycles. The second-order valence-corrected chi connectivity index (χ2v) is 8.02. The van der Waals surface area contributed by atoms with Crippen LogP contribution in [0.2, 0.25) is 0 Å². The monoisotopic (exact) mass is 310 g/mol. The van der Waals surface area contributed by atoms with Crippen molar-refractivity contribution in [3.63, 3.8) is 0 Å². The summed E-state index contributed by atoms with van der Waals surface area (Å²) in [5, 5.41) is 0. The Kier molecular flexibility index (Phi) is 5.79. The second-order valence-electron chi connectivity index (χ2n) is 6.01. The Balaban J connectivity index is 1.93. The standard InChI is InChI=1S/C16H26N2O2S/c1-14(16-5-3-2-4-6-16)13-21(19,20)18-11-8-15(7-10-17)9-12-18/h2-6,14-15H,7-13,17H2,1H3. The summed E-state index contributed by atoms with van der Waals surface area (Å²) in [6.07, 6.45) is 2.89. The van der Waals surface area contributed by atoms with Crippen molar-refractivity contribution in [3.8, 4) is 0 Å². The Hall–Kier alpha value is -0.910. The van der Waals surface area contributed by atoms with Crippen molar-refractivity contribution in [2.75, 3.05) is 25.4 Å². The predicted molar refractivity (Wildman–Crippen MR) is 86.6 cm³/mol. The SMILES string of the molecule is CC(CS(=O)(=O)N1CCC(CCN)CC1)c1ccccc1. The van der Waals surface area contributed by atoms with Crippen molar-refractivity contribution in [1.29, 1.82) is 0 Å². The lowest BCUT2D eigenvalue weighted by Gasteiger charge is -2.31. The molecule has 0 saturated carbocycles. The van der Waals surface area contributed by atoms with Crippen LogP contribution >= 0.6 is 0 Å². The molecule has 0 bridgehead atoms. The normalized spacial score (nSPS) is 19.5. The van der Waals surface area contributed by atoms with Gasteiger partial charge in [-0.1, -0.05) is 37.3 Å². The van der Waals surface area contributed by atoms with Crippen LogP contribution in [0.25, 0.3) is 0 Å². The van der Waals surface area contributed by atoms with E-state index in [4.69, 9.17) is 5.73 Å². The molecule has 1 unspecified atom stereocenters. The Morgan fingerprint density at radius 1 is 1.24 bits per heavy atom. The third-order valence-electron chi connectivity index (χ3n) is 4.37. The molecule has 4 nitrogen and oxygen atoms in total. The lowest BCUT2D eigenvalue weighted by Crippen LogP contribution is -2.40. The van der Waals surface area contributed by atoms with Crippen LogP contribution in [0.3, 0.4) is 0 Å². The van der Waals surface area contributed by atoms with Crippen molar-refractivity contribution in [2.24, 2.45) is 11.7 Å². The summed E-state index contributed by atoms with van der Waals surface area (Å²) >= 11 is 0. The minimum Gasteiger partial charge on any atom is -0.330 e. The molecule has 2 N–H and O–H groups in total. The van der Waals surface area contributed by atoms with Gasteiger partial charge in [-0.15, -0.1) is 0 Å². The number of nitrogens with two attached hydrogens (primary N) is 1. The predicted octanol–water partition coefficient (Wildman–Crippen LogP) is 2.18. The van der Waals surface area contributed by atoms with E-state index in [9.17, 15) is 8.42 Å². The van der Waals surface area contributed by atoms with Gasteiger partial charge in [-0.05, 0) is 43.2 Å². The maximum Gasteiger partial charge on any atom is 0.214 e. The zero-order valence-electron chi connectivity index (χ0n) is 12.7. The first-order valence-electron chi connectivity index (χ1n) is 7.75. The van der Waals surface area contributed by atoms with Gasteiger partial charge in [-0.3, -0.25) is 0 Å². The van der Waals surface area contributed by atoms with E-state index < -0.39 is 10.0 Å². The van der Waals surface area contributed by atoms with E-state index in [2.05, 4.69) is 0 Å². The Labute approximate surface area is 128 Å². The van der Waals surface area contributed by atoms with Crippen molar-refractivity contribution in [3.05, 3.63) is 35.9 Å². The largest absolute Gasteiger partial charge is 0.330 e. The average molecular weight is 310 g/mol. The molecule has 1 atom stereocenters. The lowest BCUT2D eigenvalue weighted by molar-refractivity contribution is 0.265. The highest BCUT2D eigenvalue weighted by Crippen LogP contribution is 2.24. The van der Waals surface area contributed by atoms with Crippen LogP contribution < -0.4 is 5.73 Å². The number of nitrogens with zero attached hydrogens (tertiary/aromatic N) is 1. The number of hydrogen-bond donors (Lipinski definition) is 1. The Morgan fingerprint density at radius 3 is 2.43 bits per heavy atom. The Morgan fingerprint density at radius 2 is 1.86 bits per heavy atom. The van der Waals surface area contributed by atoms with Gasteiger partial charge in [0.25, 0.3) is 0 Å². The minimum atomic E-state index is -3.17. The molecule has 0 aromatic heterocycles. The van der Waals surface area contributed by atoms with E-state index in [0.717, 1.165) is 24.8 Å². The molecule has 0 radical (unpaired) electrons. The minimum absolute atomic E-state index is 0.0259. The van der Waals surface area contributed by atoms with Crippen molar-refractivity contribution in [1.82, 2.24) is 4.31 Å². The van der Waals surface area contributed by atoms with E-state index >= 15 is 0 Å². The highest BCUT2D eigenvalue weighted by Gasteiger charge is 2.29. The van der Waals surface area contributed by atoms with Crippen LogP contribution in [0.5, 0.6) is 0 Å². The van der Waals surface area contributed by atoms with Gasteiger partial charge in [-0.25, -0.2) is 12.7 Å². The molecule has 1 fully saturated rings. The van der Waals surface area contributed by atoms with Crippen LogP contribution in [0.1, 0.15) is 37.7 Å². The fourth-order valence-corrected chi connectivity index (χ4v) is 4.81. The van der Waals surface area contributed by atoms with Gasteiger partial charge >= 0.3 is 0 Å². The first kappa shape index (κ1) is 16.5. The quantitative estimate of drug-likeness (QED) is 0.876. The molecule has 1 heterocycles. The molecular weight excluding hydrogens is 284 g/mol. The van der Waals surface area contributed by atoms with Gasteiger partial charge in [0.2, 0.25) is 10.0 Å². The zero-order valence-corrected chi connectivity index (χ0v) is 13.6. The van der Waals surface area contributed by atoms with Gasteiger partial charge in [0.05, 0.1) is 5.75 Å². The van der Waals surface area contributed by atoms with Gasteiger partial charge in [0.15, 0.2) is 0 Å². The van der Waals surface area contributed by atoms with Gasteiger partial charge < -0.3 is 5.73 Å². The van der Waals surface area contributed by atoms with Gasteiger partial charge in [-0.2, -0.15) is 0 Å². The van der Waals surface area contributed by atoms with E-state index in [1.54, 1.807) is 4.31 Å². The number of piperidine rings is 1. The van der Waals surface area contributed by atoms with Crippen LogP contribution in [0.4, 0.5) is 0 Å². The number of benzene rings is 1. The molecular formula is C16H26N2O2S. The van der Waals surface area contributed by atoms with Crippen molar-refractivity contribution < 1.29 is 8.42 Å². The van der Waals surface area contributed by atoms with Crippen LogP contribution in [0, 0.1) is 5.92 Å². The molecule has 5 heteroatoms. The third kappa shape index (κ3) is 4.53.